The van der Waals surface area contributed by atoms with Gasteiger partial charge >= 0.3 is 6.03 Å². The summed E-state index contributed by atoms with van der Waals surface area (Å²) in [6.45, 7) is 7.28. The number of rotatable bonds is 4. The van der Waals surface area contributed by atoms with E-state index in [0.717, 1.165) is 12.1 Å². The monoisotopic (exact) mass is 467 g/mol. The van der Waals surface area contributed by atoms with E-state index in [9.17, 15) is 18.4 Å². The Labute approximate surface area is 196 Å². The van der Waals surface area contributed by atoms with Crippen molar-refractivity contribution in [3.63, 3.8) is 0 Å². The minimum atomic E-state index is -1.05. The number of halogens is 2. The smallest absolute Gasteiger partial charge is 0.322 e. The molecule has 0 fully saturated rings. The molecule has 7 nitrogen and oxygen atoms in total. The van der Waals surface area contributed by atoms with Gasteiger partial charge in [-0.15, -0.1) is 0 Å². The number of carbonyl (C=O) groups excluding carboxylic acids is 1. The number of nitrogens with zero attached hydrogens (tertiary/aromatic N) is 3. The van der Waals surface area contributed by atoms with Crippen LogP contribution in [0.1, 0.15) is 32.0 Å². The molecule has 2 amide bonds. The fourth-order valence-electron chi connectivity index (χ4n) is 3.71. The van der Waals surface area contributed by atoms with Crippen LogP contribution >= 0.6 is 0 Å². The van der Waals surface area contributed by atoms with E-state index < -0.39 is 17.7 Å². The lowest BCUT2D eigenvalue weighted by molar-refractivity contribution is 0.205. The topological polar surface area (TPSA) is 79.3 Å². The molecule has 0 saturated carbocycles. The summed E-state index contributed by atoms with van der Waals surface area (Å²) < 4.78 is 28.2. The van der Waals surface area contributed by atoms with Gasteiger partial charge in [0.15, 0.2) is 11.6 Å². The molecule has 34 heavy (non-hydrogen) atoms. The van der Waals surface area contributed by atoms with E-state index in [1.165, 1.54) is 15.5 Å². The maximum Gasteiger partial charge on any atom is 0.322 e. The van der Waals surface area contributed by atoms with Crippen LogP contribution in [0.2, 0.25) is 0 Å². The van der Waals surface area contributed by atoms with Crippen LogP contribution in [0, 0.1) is 17.0 Å². The maximum atomic E-state index is 13.6. The zero-order valence-electron chi connectivity index (χ0n) is 19.4. The largest absolute Gasteiger partial charge is 0.355 e. The highest BCUT2D eigenvalue weighted by atomic mass is 19.2. The number of fused-ring (bicyclic) bond motifs is 1. The number of nitrogens with one attached hydrogen (secondary N) is 2. The first-order valence-corrected chi connectivity index (χ1v) is 11.1. The first kappa shape index (κ1) is 23.4. The summed E-state index contributed by atoms with van der Waals surface area (Å²) in [6.07, 6.45) is 0.398. The molecule has 1 aliphatic heterocycles. The van der Waals surface area contributed by atoms with Crippen molar-refractivity contribution in [1.82, 2.24) is 14.5 Å². The lowest BCUT2D eigenvalue weighted by Gasteiger charge is -2.29. The normalized spacial score (nSPS) is 13.4. The highest BCUT2D eigenvalue weighted by Gasteiger charge is 2.27. The van der Waals surface area contributed by atoms with Crippen LogP contribution < -0.4 is 16.2 Å². The number of aromatic nitrogens is 2. The zero-order chi connectivity index (χ0) is 24.5. The van der Waals surface area contributed by atoms with Crippen LogP contribution in [0.15, 0.2) is 53.3 Å². The van der Waals surface area contributed by atoms with Crippen LogP contribution in [0.3, 0.4) is 0 Å². The Morgan fingerprint density at radius 1 is 1.09 bits per heavy atom. The number of amides is 2. The number of benzene rings is 2. The minimum Gasteiger partial charge on any atom is -0.355 e. The van der Waals surface area contributed by atoms with Crippen molar-refractivity contribution in [2.45, 2.75) is 33.7 Å². The third-order valence-electron chi connectivity index (χ3n) is 5.48. The molecule has 0 saturated heterocycles. The molecule has 1 aliphatic rings. The van der Waals surface area contributed by atoms with Crippen molar-refractivity contribution < 1.29 is 13.6 Å². The Kier molecular flexibility index (Phi) is 6.37. The average molecular weight is 468 g/mol. The summed E-state index contributed by atoms with van der Waals surface area (Å²) in [4.78, 5) is 32.6. The fourth-order valence-corrected chi connectivity index (χ4v) is 3.71. The molecule has 178 valence electrons. The fraction of sp³-hybridized carbons (Fsp3) is 0.320. The highest BCUT2D eigenvalue weighted by Crippen LogP contribution is 2.22. The summed E-state index contributed by atoms with van der Waals surface area (Å²) in [5.74, 6) is -1.58. The van der Waals surface area contributed by atoms with E-state index in [4.69, 9.17) is 4.98 Å². The summed E-state index contributed by atoms with van der Waals surface area (Å²) in [5.41, 5.74) is 1.60. The van der Waals surface area contributed by atoms with Gasteiger partial charge in [-0.2, -0.15) is 0 Å². The van der Waals surface area contributed by atoms with Gasteiger partial charge in [-0.05, 0) is 29.7 Å². The van der Waals surface area contributed by atoms with E-state index in [1.807, 2.05) is 30.3 Å². The second-order valence-corrected chi connectivity index (χ2v) is 9.48. The Hall–Kier alpha value is -3.75. The number of urea groups is 1. The third-order valence-corrected chi connectivity index (χ3v) is 5.48. The van der Waals surface area contributed by atoms with Gasteiger partial charge in [0.2, 0.25) is 5.95 Å². The molecule has 2 aromatic carbocycles. The quantitative estimate of drug-likeness (QED) is 0.590. The molecule has 0 bridgehead atoms. The SMILES string of the molecule is CC(C)(C)CNc1nc2c(c(=O)n1-c1ccccc1)CN(C(=O)Nc1ccc(F)c(F)c1)CC2. The molecule has 4 rings (SSSR count). The van der Waals surface area contributed by atoms with Crippen molar-refractivity contribution in [1.29, 1.82) is 0 Å². The number of hydrogen-bond donors (Lipinski definition) is 2. The van der Waals surface area contributed by atoms with Crippen molar-refractivity contribution in [3.05, 3.63) is 81.8 Å². The Balaban J connectivity index is 1.65. The molecule has 0 unspecified atom stereocenters. The number of carbonyl (C=O) groups is 1. The van der Waals surface area contributed by atoms with Gasteiger partial charge in [0.05, 0.1) is 23.5 Å². The zero-order valence-corrected chi connectivity index (χ0v) is 19.4. The van der Waals surface area contributed by atoms with Crippen LogP contribution in [0.25, 0.3) is 5.69 Å². The van der Waals surface area contributed by atoms with Crippen LogP contribution in [0.4, 0.5) is 25.2 Å². The van der Waals surface area contributed by atoms with Crippen LogP contribution in [0.5, 0.6) is 0 Å². The standard InChI is InChI=1S/C25H27F2N5O2/c1-25(2,3)15-28-23-30-21-11-12-31(24(34)29-16-9-10-19(26)20(27)13-16)14-18(21)22(33)32(23)17-7-5-4-6-8-17/h4-10,13H,11-12,14-15H2,1-3H3,(H,28,30)(H,29,34). The van der Waals surface area contributed by atoms with Gasteiger partial charge in [-0.25, -0.2) is 23.1 Å². The molecule has 0 aliphatic carbocycles. The molecule has 2 N–H and O–H groups in total. The van der Waals surface area contributed by atoms with Gasteiger partial charge in [0.25, 0.3) is 5.56 Å². The van der Waals surface area contributed by atoms with Crippen molar-refractivity contribution in [3.8, 4) is 5.69 Å². The molecule has 3 aromatic rings. The Morgan fingerprint density at radius 2 is 1.82 bits per heavy atom. The van der Waals surface area contributed by atoms with Gasteiger partial charge in [-0.3, -0.25) is 4.79 Å². The number of para-hydroxylation sites is 1. The second-order valence-electron chi connectivity index (χ2n) is 9.48. The molecule has 1 aromatic heterocycles. The van der Waals surface area contributed by atoms with E-state index in [1.54, 1.807) is 0 Å². The van der Waals surface area contributed by atoms with Gasteiger partial charge < -0.3 is 15.5 Å². The lowest BCUT2D eigenvalue weighted by atomic mass is 9.97. The van der Waals surface area contributed by atoms with E-state index in [0.29, 0.717) is 42.4 Å². The highest BCUT2D eigenvalue weighted by molar-refractivity contribution is 5.89. The second kappa shape index (κ2) is 9.24. The average Bonchev–Trinajstić information content (AvgIpc) is 2.80. The predicted octanol–water partition coefficient (Wildman–Crippen LogP) is 4.56. The first-order valence-electron chi connectivity index (χ1n) is 11.1. The summed E-state index contributed by atoms with van der Waals surface area (Å²) in [5, 5.41) is 5.88. The molecule has 0 radical (unpaired) electrons. The van der Waals surface area contributed by atoms with Crippen LogP contribution in [-0.2, 0) is 13.0 Å². The van der Waals surface area contributed by atoms with Crippen molar-refractivity contribution in [2.75, 3.05) is 23.7 Å². The molecular formula is C25H27F2N5O2. The predicted molar refractivity (Wildman–Crippen MR) is 127 cm³/mol. The summed E-state index contributed by atoms with van der Waals surface area (Å²) in [6, 6.07) is 11.9. The Bertz CT molecular complexity index is 1270. The van der Waals surface area contributed by atoms with Gasteiger partial charge in [0.1, 0.15) is 0 Å². The van der Waals surface area contributed by atoms with Gasteiger partial charge in [0, 0.05) is 31.3 Å². The summed E-state index contributed by atoms with van der Waals surface area (Å²) >= 11 is 0. The molecule has 2 heterocycles. The van der Waals surface area contributed by atoms with Crippen molar-refractivity contribution >= 4 is 17.7 Å². The van der Waals surface area contributed by atoms with E-state index in [2.05, 4.69) is 31.4 Å². The van der Waals surface area contributed by atoms with E-state index in [-0.39, 0.29) is 23.2 Å². The molecule has 0 atom stereocenters. The molecule has 9 heteroatoms. The lowest BCUT2D eigenvalue weighted by Crippen LogP contribution is -2.43. The first-order chi connectivity index (χ1) is 16.1. The number of hydrogen-bond acceptors (Lipinski definition) is 4. The van der Waals surface area contributed by atoms with Gasteiger partial charge in [-0.1, -0.05) is 39.0 Å². The van der Waals surface area contributed by atoms with Crippen LogP contribution in [-0.4, -0.2) is 33.6 Å². The summed E-state index contributed by atoms with van der Waals surface area (Å²) in [7, 11) is 0. The Morgan fingerprint density at radius 3 is 2.50 bits per heavy atom. The third kappa shape index (κ3) is 5.08. The van der Waals surface area contributed by atoms with E-state index >= 15 is 0 Å². The maximum absolute atomic E-state index is 13.6. The van der Waals surface area contributed by atoms with Crippen molar-refractivity contribution in [2.24, 2.45) is 5.41 Å². The minimum absolute atomic E-state index is 0.0239. The number of anilines is 2. The molecular weight excluding hydrogens is 440 g/mol. The molecule has 0 spiro atoms.